The van der Waals surface area contributed by atoms with Crippen LogP contribution in [0.1, 0.15) is 264 Å². The van der Waals surface area contributed by atoms with Gasteiger partial charge in [0.1, 0.15) is 30.6 Å². The number of ether oxygens (including phenoxy) is 1. The minimum Gasteiger partial charge on any atom is -1.00 e. The minimum absolute atomic E-state index is 0. The maximum atomic E-state index is 13.8. The zero-order chi connectivity index (χ0) is 91.0. The van der Waals surface area contributed by atoms with Crippen LogP contribution in [0.4, 0.5) is 25.0 Å². The smallest absolute Gasteiger partial charge is 1.00 e. The first kappa shape index (κ1) is 120. The number of carboxylic acid groups (broad SMARTS) is 1. The average molecular weight is 1880 g/mol. The summed E-state index contributed by atoms with van der Waals surface area (Å²) >= 11 is 0. The molecule has 1 amide bonds. The standard InChI is InChI=1S/C21H28FN3OS.C17H21N3O4.C15H22N2OS.C11H13NO.C10H15FNSi.C4H11NOS.4C3H8O.BrH.Mg.Ti/c1-20(2,3)27(26)25-21(11-8-15-4-5-15,16-9-12-24-13-10-16)17-6-7-18(22)19(23)14-17;1-11-8-14(15(21)22)20(19-11)13-7-5-6-12(9-13)10-18-16(23)24-17(2,3)4;1-15(2,3)19(18)17-14(7-6-12-4-5-12)13-8-10-16-11-9-13;13-11(4-3-9-1-2-9)10-5-7-12-8-6-10;1-12(13(2,3)4)10-8-6-5-7-9(10)11;1-4(2,3)7(5)6;4*1-3(2)4;;;/h6-7,9-10,12-15,25H,4-5,8,11,23H2,1-3H3;5-9H,10H2,1-4H3,(H,18,23)(H,21,22);8-12H,4-7H2,1-3H3;5-9H,1-4H2;5,7-8H,1-4H3;5H2,1-3H3;4*3-4H,1-2H3;1H;;/q;;;;-1;;;;;;;+2;/p-1/t21?,27-;;;;;7-;;;;;;;/m0....0......./s1. The number of rotatable bonds is 22. The molecule has 4 heterocycles. The Morgan fingerprint density at radius 1 is 0.648 bits per heavy atom. The molecule has 32 heteroatoms. The van der Waals surface area contributed by atoms with Gasteiger partial charge < -0.3 is 62.9 Å². The molecule has 3 aromatic carbocycles. The van der Waals surface area contributed by atoms with Gasteiger partial charge in [-0.2, -0.15) is 27.7 Å². The number of hydrogen-bond acceptors (Lipinski definition) is 17. The molecule has 0 radical (unpaired) electrons. The second kappa shape index (κ2) is 59.3. The number of benzene rings is 3. The predicted molar refractivity (Wildman–Crippen MR) is 493 cm³/mol. The molecule has 678 valence electrons. The third-order valence-corrected chi connectivity index (χ3v) is 23.1. The summed E-state index contributed by atoms with van der Waals surface area (Å²) in [6, 6.07) is 32.4. The fourth-order valence-corrected chi connectivity index (χ4v) is 12.1. The number of ketones is 1. The number of alkyl carbamates (subject to hydrolysis) is 1. The fraction of sp³-hybridized carbons (Fsp3) is 0.556. The van der Waals surface area contributed by atoms with Crippen molar-refractivity contribution in [2.75, 3.05) is 17.3 Å². The summed E-state index contributed by atoms with van der Waals surface area (Å²) in [6.45, 7) is 44.9. The summed E-state index contributed by atoms with van der Waals surface area (Å²) < 4.78 is 78.3. The number of nitrogens with one attached hydrogen (secondary N) is 2. The van der Waals surface area contributed by atoms with Crippen molar-refractivity contribution in [3.8, 4) is 5.69 Å². The van der Waals surface area contributed by atoms with Crippen molar-refractivity contribution < 1.29 is 105 Å². The number of carbonyl (C=O) groups is 3. The van der Waals surface area contributed by atoms with Gasteiger partial charge >= 0.3 is 35.1 Å². The van der Waals surface area contributed by atoms with Gasteiger partial charge in [0.25, 0.3) is 0 Å². The normalized spacial score (nSPS) is 14.1. The van der Waals surface area contributed by atoms with Crippen molar-refractivity contribution in [1.29, 1.82) is 0 Å². The van der Waals surface area contributed by atoms with E-state index in [9.17, 15) is 40.9 Å². The molecule has 0 aliphatic heterocycles. The van der Waals surface area contributed by atoms with Gasteiger partial charge in [0.15, 0.2) is 11.5 Å². The van der Waals surface area contributed by atoms with E-state index in [4.69, 9.17) is 36.0 Å². The number of aryl methyl sites for hydroxylation is 1. The van der Waals surface area contributed by atoms with Crippen molar-refractivity contribution in [2.24, 2.45) is 27.3 Å². The van der Waals surface area contributed by atoms with Crippen LogP contribution in [0.15, 0.2) is 145 Å². The van der Waals surface area contributed by atoms with Crippen LogP contribution in [-0.2, 0) is 71.5 Å². The second-order valence-electron chi connectivity index (χ2n) is 35.4. The van der Waals surface area contributed by atoms with Gasteiger partial charge in [-0.1, -0.05) is 76.4 Å². The first-order valence-electron chi connectivity index (χ1n) is 40.6. The molecule has 3 saturated carbocycles. The topological polar surface area (TPSA) is 361 Å². The SMILES string of the molecule is CC(C)(C)S(=O)N=C(CCC1CC1)c1ccncc1.CC(C)(C)[S@@](N)=O.CC(C)(C)[S@](=O)NC(CCC1CC1)(c1ccncc1)c1ccc(F)c(N)c1.CC(C)O.CC(C)O.CC(C)O.CC(C)O.CN(c1c[c-]ccc1F)[Si](C)(C)C.Cc1cc(C(=O)O)n(-c2cccc(CNC(=O)OC(C)(C)C)c2)n1.O=C(CCC1CC1)c1ccncc1.[Br-].[Mg+2].[Ti]. The maximum absolute atomic E-state index is 13.8. The molecule has 4 aromatic heterocycles. The zero-order valence-corrected chi connectivity index (χ0v) is 85.0. The number of hydrogen-bond donors (Lipinski definition) is 9. The summed E-state index contributed by atoms with van der Waals surface area (Å²) in [5, 5.41) is 53.4. The molecule has 0 bridgehead atoms. The van der Waals surface area contributed by atoms with Gasteiger partial charge in [0.05, 0.1) is 64.5 Å². The fourth-order valence-electron chi connectivity index (χ4n) is 9.56. The number of nitrogen functional groups attached to an aromatic ring is 1. The summed E-state index contributed by atoms with van der Waals surface area (Å²) in [5.41, 5.74) is 12.1. The van der Waals surface area contributed by atoms with E-state index in [1.807, 2.05) is 104 Å². The van der Waals surface area contributed by atoms with Crippen LogP contribution in [0.2, 0.25) is 19.6 Å². The predicted octanol–water partition coefficient (Wildman–Crippen LogP) is 14.6. The number of amides is 1. The number of Topliss-reactive ketones (excluding diaryl/α,β-unsaturated/α-hetero) is 1. The summed E-state index contributed by atoms with van der Waals surface area (Å²) in [7, 11) is -3.21. The monoisotopic (exact) mass is 1880 g/mol. The van der Waals surface area contributed by atoms with Gasteiger partial charge in [-0.05, 0) is 297 Å². The number of aliphatic hydroxyl groups excluding tert-OH is 4. The van der Waals surface area contributed by atoms with E-state index in [-0.39, 0.29) is 125 Å². The van der Waals surface area contributed by atoms with E-state index in [1.54, 1.807) is 175 Å². The molecule has 2 unspecified atom stereocenters. The Morgan fingerprint density at radius 2 is 1.10 bits per heavy atom. The number of anilines is 2. The van der Waals surface area contributed by atoms with Crippen LogP contribution in [0, 0.1) is 42.4 Å². The molecule has 7 aromatic rings. The average Bonchev–Trinajstić information content (AvgIpc) is 1.13. The number of carboxylic acids is 1. The Hall–Kier alpha value is -5.75. The molecular formula is C90H142BrF2MgN11O12S3SiTi. The molecule has 23 nitrogen and oxygen atoms in total. The van der Waals surface area contributed by atoms with Crippen LogP contribution >= 0.6 is 0 Å². The van der Waals surface area contributed by atoms with Crippen molar-refractivity contribution in [1.82, 2.24) is 34.8 Å². The maximum Gasteiger partial charge on any atom is 2.00 e. The Balaban J connectivity index is -0.00000138. The van der Waals surface area contributed by atoms with Crippen molar-refractivity contribution >= 4 is 99.2 Å². The van der Waals surface area contributed by atoms with E-state index < -0.39 is 75.0 Å². The molecule has 3 aliphatic rings. The first-order chi connectivity index (χ1) is 55.0. The molecular weight excluding hydrogens is 1740 g/mol. The van der Waals surface area contributed by atoms with Gasteiger partial charge in [-0.25, -0.2) is 40.4 Å². The summed E-state index contributed by atoms with van der Waals surface area (Å²) in [4.78, 5) is 46.6. The molecule has 122 heavy (non-hydrogen) atoms. The van der Waals surface area contributed by atoms with Gasteiger partial charge in [-0.15, -0.1) is 6.07 Å². The van der Waals surface area contributed by atoms with E-state index >= 15 is 0 Å². The summed E-state index contributed by atoms with van der Waals surface area (Å²) in [5.74, 6) is 1.00. The third kappa shape index (κ3) is 54.3. The molecule has 11 N–H and O–H groups in total. The van der Waals surface area contributed by atoms with Crippen LogP contribution in [-0.4, -0.2) is 169 Å². The van der Waals surface area contributed by atoms with Crippen LogP contribution < -0.4 is 42.5 Å². The van der Waals surface area contributed by atoms with Crippen LogP contribution in [0.3, 0.4) is 0 Å². The third-order valence-electron chi connectivity index (χ3n) is 16.6. The Morgan fingerprint density at radius 3 is 1.51 bits per heavy atom. The molecule has 0 spiro atoms. The largest absolute Gasteiger partial charge is 2.00 e. The quantitative estimate of drug-likeness (QED) is 0.0100. The Labute approximate surface area is 778 Å². The molecule has 0 saturated heterocycles. The number of nitrogens with zero attached hydrogens (tertiary/aromatic N) is 7. The molecule has 3 aliphatic carbocycles. The first-order valence-corrected chi connectivity index (χ1v) is 47.6. The van der Waals surface area contributed by atoms with Crippen LogP contribution in [0.25, 0.3) is 5.69 Å². The van der Waals surface area contributed by atoms with E-state index in [0.717, 1.165) is 77.5 Å². The number of nitrogens with two attached hydrogens (primary N) is 2. The Kier molecular flexibility index (Phi) is 58.5. The molecule has 3 fully saturated rings. The molecule has 10 rings (SSSR count). The van der Waals surface area contributed by atoms with Crippen LogP contribution in [0.5, 0.6) is 0 Å². The number of carbonyl (C=O) groups excluding carboxylic acids is 2. The van der Waals surface area contributed by atoms with Gasteiger partial charge in [-0.3, -0.25) is 24.9 Å². The molecule has 4 atom stereocenters. The van der Waals surface area contributed by atoms with E-state index in [1.165, 1.54) is 61.4 Å². The number of halogens is 3. The van der Waals surface area contributed by atoms with Gasteiger partial charge in [0.2, 0.25) is 0 Å². The van der Waals surface area contributed by atoms with Crippen molar-refractivity contribution in [2.45, 2.75) is 298 Å². The number of aromatic nitrogens is 5. The number of aliphatic hydroxyl groups is 4. The van der Waals surface area contributed by atoms with Crippen molar-refractivity contribution in [3.63, 3.8) is 0 Å². The Bertz CT molecular complexity index is 4190. The number of aromatic carboxylic acids is 1. The van der Waals surface area contributed by atoms with E-state index in [2.05, 4.69) is 60.2 Å². The van der Waals surface area contributed by atoms with E-state index in [0.29, 0.717) is 29.4 Å². The second-order valence-corrected chi connectivity index (χ2v) is 46.1. The minimum atomic E-state index is -1.46. The number of pyridine rings is 3. The van der Waals surface area contributed by atoms with Crippen molar-refractivity contribution in [3.05, 3.63) is 197 Å². The summed E-state index contributed by atoms with van der Waals surface area (Å²) in [6.07, 6.45) is 22.6. The van der Waals surface area contributed by atoms with Gasteiger partial charge in [0, 0.05) is 108 Å². The zero-order valence-electron chi connectivity index (χ0n) is 77.0.